The number of thiol groups is 1. The van der Waals surface area contributed by atoms with Crippen LogP contribution in [0.5, 0.6) is 0 Å². The number of rotatable bonds is 43. The van der Waals surface area contributed by atoms with Crippen LogP contribution >= 0.6 is 12.6 Å². The number of amides is 4. The Morgan fingerprint density at radius 1 is 0.538 bits per heavy atom. The molecule has 1 atom stereocenters. The molecule has 4 N–H and O–H groups in total. The molecule has 0 spiro atoms. The maximum Gasteiger partial charge on any atom is 0.269 e. The smallest absolute Gasteiger partial charge is 0.269 e. The number of carbonyl (C=O) groups excluding carboxylic acids is 4. The number of carbonyl (C=O) groups is 4. The van der Waals surface area contributed by atoms with Crippen LogP contribution in [0.2, 0.25) is 0 Å². The van der Waals surface area contributed by atoms with Gasteiger partial charge in [0.2, 0.25) is 23.6 Å². The molecule has 0 fully saturated rings. The molecule has 366 valence electrons. The summed E-state index contributed by atoms with van der Waals surface area (Å²) in [5.41, 5.74) is 1.03. The first-order chi connectivity index (χ1) is 31.8. The fourth-order valence-electron chi connectivity index (χ4n) is 6.03. The summed E-state index contributed by atoms with van der Waals surface area (Å²) in [5.74, 6) is -0.603. The third-order valence-electron chi connectivity index (χ3n) is 9.54. The predicted octanol–water partition coefficient (Wildman–Crippen LogP) is 4.83. The van der Waals surface area contributed by atoms with Crippen LogP contribution in [-0.4, -0.2) is 146 Å². The molecule has 0 aliphatic heterocycles. The van der Waals surface area contributed by atoms with Crippen molar-refractivity contribution in [1.29, 1.82) is 0 Å². The molecule has 2 rings (SSSR count). The summed E-state index contributed by atoms with van der Waals surface area (Å²) in [7, 11) is 0. The Morgan fingerprint density at radius 2 is 1.00 bits per heavy atom. The number of nitrogens with zero attached hydrogens (tertiary/aromatic N) is 1. The number of benzene rings is 2. The van der Waals surface area contributed by atoms with Crippen LogP contribution in [-0.2, 0) is 58.8 Å². The monoisotopic (exact) mass is 935 g/mol. The fourth-order valence-corrected chi connectivity index (χ4v) is 6.26. The van der Waals surface area contributed by atoms with Gasteiger partial charge in [-0.05, 0) is 36.3 Å². The van der Waals surface area contributed by atoms with Gasteiger partial charge < -0.3 is 54.4 Å². The predicted molar refractivity (Wildman–Crippen MR) is 250 cm³/mol. The molecule has 4 amide bonds. The van der Waals surface area contributed by atoms with Crippen LogP contribution in [0.25, 0.3) is 0 Å². The van der Waals surface area contributed by atoms with Crippen molar-refractivity contribution in [3.8, 4) is 0 Å². The van der Waals surface area contributed by atoms with Crippen LogP contribution in [0, 0.1) is 10.1 Å². The lowest BCUT2D eigenvalue weighted by molar-refractivity contribution is -0.384. The van der Waals surface area contributed by atoms with Crippen LogP contribution in [0.1, 0.15) is 76.2 Å². The number of hydrogen-bond donors (Lipinski definition) is 5. The Bertz CT molecular complexity index is 1550. The second-order valence-corrected chi connectivity index (χ2v) is 15.4. The average molecular weight is 936 g/mol. The first kappa shape index (κ1) is 56.9. The zero-order chi connectivity index (χ0) is 46.8. The topological polar surface area (TPSA) is 224 Å². The van der Waals surface area contributed by atoms with Crippen LogP contribution < -0.4 is 21.3 Å². The second-order valence-electron chi connectivity index (χ2n) is 14.9. The van der Waals surface area contributed by atoms with E-state index in [-0.39, 0.29) is 69.7 Å². The van der Waals surface area contributed by atoms with Crippen LogP contribution in [0.15, 0.2) is 54.6 Å². The van der Waals surface area contributed by atoms with E-state index < -0.39 is 22.8 Å². The summed E-state index contributed by atoms with van der Waals surface area (Å²) in [6.07, 6.45) is 11.4. The van der Waals surface area contributed by atoms with Gasteiger partial charge in [0.15, 0.2) is 0 Å². The van der Waals surface area contributed by atoms with Gasteiger partial charge in [0.05, 0.1) is 84.2 Å². The van der Waals surface area contributed by atoms with E-state index in [9.17, 15) is 29.3 Å². The Balaban J connectivity index is 1.34. The van der Waals surface area contributed by atoms with Crippen molar-refractivity contribution in [2.24, 2.45) is 0 Å². The fraction of sp³-hybridized carbons (Fsp3) is 0.652. The molecule has 0 aromatic heterocycles. The standard InChI is InChI=1S/C46H73N5O13S/c52-43(19-20-44(53)50-42(37-39-13-9-8-10-14-39)46(55)49-40-15-17-41(18-16-40)51(56)57)47-21-24-59-27-28-60-25-22-48-45(54)38-64-35-34-63-33-32-62-31-30-61-29-26-58-23-11-6-4-2-1-3-5-7-12-36-65/h8-10,13-18,42,65H,1-7,11-12,19-38H2,(H,47,52)(H,48,54)(H,49,55)(H,50,53)/t42-/m0/s1. The van der Waals surface area contributed by atoms with Crippen LogP contribution in [0.4, 0.5) is 11.4 Å². The number of ether oxygens (including phenoxy) is 7. The van der Waals surface area contributed by atoms with Crippen molar-refractivity contribution in [2.75, 3.05) is 117 Å². The van der Waals surface area contributed by atoms with Crippen molar-refractivity contribution >= 4 is 47.6 Å². The third-order valence-corrected chi connectivity index (χ3v) is 9.85. The summed E-state index contributed by atoms with van der Waals surface area (Å²) in [6, 6.07) is 13.5. The number of anilines is 1. The Hall–Kier alpha value is -4.21. The van der Waals surface area contributed by atoms with Gasteiger partial charge in [-0.15, -0.1) is 0 Å². The highest BCUT2D eigenvalue weighted by Gasteiger charge is 2.22. The molecular weight excluding hydrogens is 863 g/mol. The molecule has 65 heavy (non-hydrogen) atoms. The largest absolute Gasteiger partial charge is 0.379 e. The van der Waals surface area contributed by atoms with E-state index >= 15 is 0 Å². The van der Waals surface area contributed by atoms with E-state index in [1.54, 1.807) is 0 Å². The minimum Gasteiger partial charge on any atom is -0.379 e. The first-order valence-electron chi connectivity index (χ1n) is 22.9. The maximum absolute atomic E-state index is 13.1. The quantitative estimate of drug-likeness (QED) is 0.0261. The normalized spacial score (nSPS) is 11.5. The third kappa shape index (κ3) is 33.0. The summed E-state index contributed by atoms with van der Waals surface area (Å²) in [4.78, 5) is 60.5. The first-order valence-corrected chi connectivity index (χ1v) is 23.5. The van der Waals surface area contributed by atoms with Gasteiger partial charge in [-0.2, -0.15) is 12.6 Å². The van der Waals surface area contributed by atoms with E-state index in [0.717, 1.165) is 24.3 Å². The van der Waals surface area contributed by atoms with Gasteiger partial charge in [0, 0.05) is 56.8 Å². The van der Waals surface area contributed by atoms with Gasteiger partial charge in [0.25, 0.3) is 5.69 Å². The number of unbranched alkanes of at least 4 members (excludes halogenated alkanes) is 8. The Kier molecular flexibility index (Phi) is 35.1. The lowest BCUT2D eigenvalue weighted by Gasteiger charge is -2.19. The minimum atomic E-state index is -0.951. The number of hydrogen-bond acceptors (Lipinski definition) is 14. The lowest BCUT2D eigenvalue weighted by Crippen LogP contribution is -2.45. The maximum atomic E-state index is 13.1. The average Bonchev–Trinajstić information content (AvgIpc) is 3.30. The molecule has 0 heterocycles. The van der Waals surface area contributed by atoms with Crippen molar-refractivity contribution in [3.63, 3.8) is 0 Å². The number of nitro groups is 1. The highest BCUT2D eigenvalue weighted by Crippen LogP contribution is 2.16. The van der Waals surface area contributed by atoms with Crippen molar-refractivity contribution in [1.82, 2.24) is 16.0 Å². The molecule has 0 unspecified atom stereocenters. The molecule has 0 radical (unpaired) electrons. The zero-order valence-electron chi connectivity index (χ0n) is 38.0. The molecular formula is C46H73N5O13S. The van der Waals surface area contributed by atoms with Gasteiger partial charge >= 0.3 is 0 Å². The van der Waals surface area contributed by atoms with Crippen molar-refractivity contribution < 1.29 is 57.3 Å². The van der Waals surface area contributed by atoms with Gasteiger partial charge in [0.1, 0.15) is 12.6 Å². The van der Waals surface area contributed by atoms with E-state index in [1.807, 2.05) is 30.3 Å². The van der Waals surface area contributed by atoms with E-state index in [4.69, 9.17) is 33.2 Å². The number of non-ortho nitro benzene ring substituents is 1. The summed E-state index contributed by atoms with van der Waals surface area (Å²) in [6.45, 7) is 5.98. The van der Waals surface area contributed by atoms with Crippen molar-refractivity contribution in [3.05, 3.63) is 70.3 Å². The van der Waals surface area contributed by atoms with E-state index in [1.165, 1.54) is 75.6 Å². The molecule has 19 heteroatoms. The molecule has 2 aromatic carbocycles. The second kappa shape index (κ2) is 40.1. The highest BCUT2D eigenvalue weighted by molar-refractivity contribution is 7.80. The number of nitrogens with one attached hydrogen (secondary N) is 4. The molecule has 0 aliphatic carbocycles. The SMILES string of the molecule is O=C(CCC(=O)N[C@@H](Cc1ccccc1)C(=O)Nc1ccc([N+](=O)[O-])cc1)NCCOCCOCCNC(=O)COCCOCCOCCOCCOCCCCCCCCCCCS. The summed E-state index contributed by atoms with van der Waals surface area (Å²) < 4.78 is 38.4. The highest BCUT2D eigenvalue weighted by atomic mass is 32.1. The Labute approximate surface area is 389 Å². The van der Waals surface area contributed by atoms with E-state index in [0.29, 0.717) is 71.7 Å². The Morgan fingerprint density at radius 3 is 1.54 bits per heavy atom. The molecule has 0 saturated carbocycles. The van der Waals surface area contributed by atoms with Gasteiger partial charge in [-0.3, -0.25) is 29.3 Å². The molecule has 0 saturated heterocycles. The summed E-state index contributed by atoms with van der Waals surface area (Å²) >= 11 is 4.25. The molecule has 0 bridgehead atoms. The van der Waals surface area contributed by atoms with Gasteiger partial charge in [-0.1, -0.05) is 75.3 Å². The zero-order valence-corrected chi connectivity index (χ0v) is 38.9. The van der Waals surface area contributed by atoms with E-state index in [2.05, 4.69) is 33.9 Å². The lowest BCUT2D eigenvalue weighted by atomic mass is 10.0. The van der Waals surface area contributed by atoms with Crippen molar-refractivity contribution in [2.45, 2.75) is 83.1 Å². The summed E-state index contributed by atoms with van der Waals surface area (Å²) in [5, 5.41) is 21.7. The molecule has 2 aromatic rings. The molecule has 18 nitrogen and oxygen atoms in total. The van der Waals surface area contributed by atoms with Gasteiger partial charge in [-0.25, -0.2) is 0 Å². The minimum absolute atomic E-state index is 0.0874. The molecule has 0 aliphatic rings. The van der Waals surface area contributed by atoms with Crippen LogP contribution in [0.3, 0.4) is 0 Å². The number of nitro benzene ring substituents is 1.